The molecule has 2 aromatic rings. The van der Waals surface area contributed by atoms with Crippen LogP contribution in [0.3, 0.4) is 0 Å². The van der Waals surface area contributed by atoms with Gasteiger partial charge in [-0.2, -0.15) is 0 Å². The van der Waals surface area contributed by atoms with Crippen LogP contribution < -0.4 is 10.1 Å². The van der Waals surface area contributed by atoms with E-state index in [0.717, 1.165) is 56.0 Å². The van der Waals surface area contributed by atoms with Crippen molar-refractivity contribution in [3.8, 4) is 5.75 Å². The van der Waals surface area contributed by atoms with Crippen LogP contribution in [-0.4, -0.2) is 41.6 Å². The van der Waals surface area contributed by atoms with E-state index in [4.69, 9.17) is 16.3 Å². The van der Waals surface area contributed by atoms with E-state index in [1.165, 1.54) is 29.7 Å². The predicted octanol–water partition coefficient (Wildman–Crippen LogP) is 6.32. The van der Waals surface area contributed by atoms with Crippen LogP contribution in [0.15, 0.2) is 60.7 Å². The molecule has 0 radical (unpaired) electrons. The van der Waals surface area contributed by atoms with Gasteiger partial charge in [-0.25, -0.2) is 0 Å². The number of fused-ring (bicyclic) bond motifs is 1. The second-order valence-electron chi connectivity index (χ2n) is 10.8. The maximum Gasteiger partial charge on any atom is 0.119 e. The van der Waals surface area contributed by atoms with Crippen LogP contribution in [0.4, 0.5) is 0 Å². The second kappa shape index (κ2) is 9.53. The van der Waals surface area contributed by atoms with E-state index in [0.29, 0.717) is 5.54 Å². The summed E-state index contributed by atoms with van der Waals surface area (Å²) in [6.45, 7) is 11.8. The molecule has 1 aliphatic carbocycles. The van der Waals surface area contributed by atoms with E-state index in [9.17, 15) is 0 Å². The van der Waals surface area contributed by atoms with Crippen LogP contribution >= 0.6 is 11.6 Å². The van der Waals surface area contributed by atoms with E-state index in [-0.39, 0.29) is 5.92 Å². The number of nitrogens with one attached hydrogen (secondary N) is 1. The number of benzene rings is 2. The summed E-state index contributed by atoms with van der Waals surface area (Å²) in [7, 11) is 0. The number of nitrogens with zero attached hydrogens (tertiary/aromatic N) is 1. The molecule has 2 atom stereocenters. The average molecular weight is 477 g/mol. The molecule has 2 aliphatic heterocycles. The lowest BCUT2D eigenvalue weighted by Gasteiger charge is -2.48. The lowest BCUT2D eigenvalue weighted by Crippen LogP contribution is -2.55. The van der Waals surface area contributed by atoms with Crippen LogP contribution in [0.5, 0.6) is 5.75 Å². The number of rotatable bonds is 7. The fraction of sp³-hybridized carbons (Fsp3) is 0.467. The van der Waals surface area contributed by atoms with E-state index < -0.39 is 4.87 Å². The predicted molar refractivity (Wildman–Crippen MR) is 143 cm³/mol. The molecule has 0 bridgehead atoms. The molecule has 0 spiro atoms. The van der Waals surface area contributed by atoms with Crippen molar-refractivity contribution in [3.63, 3.8) is 0 Å². The van der Waals surface area contributed by atoms with Gasteiger partial charge in [-0.05, 0) is 86.5 Å². The molecule has 3 aliphatic rings. The molecule has 0 aromatic heterocycles. The normalized spacial score (nSPS) is 25.9. The highest BCUT2D eigenvalue weighted by molar-refractivity contribution is 6.31. The van der Waals surface area contributed by atoms with E-state index >= 15 is 0 Å². The molecule has 1 N–H and O–H groups in total. The maximum atomic E-state index is 7.34. The summed E-state index contributed by atoms with van der Waals surface area (Å²) in [4.78, 5) is 2.01. The number of allylic oxidation sites excluding steroid dienone is 4. The minimum Gasteiger partial charge on any atom is -0.494 e. The summed E-state index contributed by atoms with van der Waals surface area (Å²) in [5.41, 5.74) is 6.79. The van der Waals surface area contributed by atoms with Gasteiger partial charge in [-0.15, -0.1) is 11.6 Å². The van der Waals surface area contributed by atoms with Crippen molar-refractivity contribution >= 4 is 17.2 Å². The zero-order chi connectivity index (χ0) is 23.8. The zero-order valence-electron chi connectivity index (χ0n) is 20.7. The summed E-state index contributed by atoms with van der Waals surface area (Å²) in [5, 5.41) is 3.46. The average Bonchev–Trinajstić information content (AvgIpc) is 2.82. The maximum absolute atomic E-state index is 7.34. The molecule has 1 fully saturated rings. The third-order valence-electron chi connectivity index (χ3n) is 7.99. The first-order valence-corrected chi connectivity index (χ1v) is 13.1. The van der Waals surface area contributed by atoms with E-state index in [1.807, 2.05) is 0 Å². The lowest BCUT2D eigenvalue weighted by molar-refractivity contribution is 0.0123. The van der Waals surface area contributed by atoms with Crippen LogP contribution in [-0.2, 0) is 13.0 Å². The number of alkyl halides is 1. The van der Waals surface area contributed by atoms with Gasteiger partial charge in [0.15, 0.2) is 0 Å². The Morgan fingerprint density at radius 2 is 2.00 bits per heavy atom. The van der Waals surface area contributed by atoms with Crippen molar-refractivity contribution in [3.05, 3.63) is 82.9 Å². The van der Waals surface area contributed by atoms with Gasteiger partial charge in [0.05, 0.1) is 11.5 Å². The van der Waals surface area contributed by atoms with E-state index in [1.54, 1.807) is 0 Å². The van der Waals surface area contributed by atoms with Gasteiger partial charge >= 0.3 is 0 Å². The molecule has 34 heavy (non-hydrogen) atoms. The summed E-state index contributed by atoms with van der Waals surface area (Å²) in [6, 6.07) is 15.3. The third kappa shape index (κ3) is 4.71. The SMILES string of the molecule is CC1(Cl)C(c2cccc(OCCCN3CCC3(C)C)c2)=CC=CC1c1ccc2c(c1)CCNC2. The lowest BCUT2D eigenvalue weighted by atomic mass is 9.75. The van der Waals surface area contributed by atoms with Gasteiger partial charge in [0.2, 0.25) is 0 Å². The minimum atomic E-state index is -0.530. The number of likely N-dealkylation sites (tertiary alicyclic amines) is 1. The topological polar surface area (TPSA) is 24.5 Å². The molecule has 2 unspecified atom stereocenters. The Balaban J connectivity index is 1.28. The first-order chi connectivity index (χ1) is 16.3. The van der Waals surface area contributed by atoms with Gasteiger partial charge in [-0.3, -0.25) is 4.90 Å². The first-order valence-electron chi connectivity index (χ1n) is 12.7. The van der Waals surface area contributed by atoms with Crippen molar-refractivity contribution in [2.24, 2.45) is 0 Å². The largest absolute Gasteiger partial charge is 0.494 e. The highest BCUT2D eigenvalue weighted by Gasteiger charge is 2.38. The van der Waals surface area contributed by atoms with Crippen molar-refractivity contribution in [2.75, 3.05) is 26.2 Å². The second-order valence-corrected chi connectivity index (χ2v) is 11.5. The Morgan fingerprint density at radius 3 is 2.79 bits per heavy atom. The fourth-order valence-electron chi connectivity index (χ4n) is 5.60. The molecule has 4 heteroatoms. The number of hydrogen-bond acceptors (Lipinski definition) is 3. The minimum absolute atomic E-state index is 0.124. The monoisotopic (exact) mass is 476 g/mol. The zero-order valence-corrected chi connectivity index (χ0v) is 21.5. The highest BCUT2D eigenvalue weighted by atomic mass is 35.5. The summed E-state index contributed by atoms with van der Waals surface area (Å²) in [5.74, 6) is 1.04. The smallest absolute Gasteiger partial charge is 0.119 e. The molecular formula is C30H37ClN2O. The van der Waals surface area contributed by atoms with Gasteiger partial charge in [0.25, 0.3) is 0 Å². The summed E-state index contributed by atoms with van der Waals surface area (Å²) in [6.07, 6.45) is 9.99. The van der Waals surface area contributed by atoms with Gasteiger partial charge in [0, 0.05) is 31.1 Å². The number of ether oxygens (including phenoxy) is 1. The van der Waals surface area contributed by atoms with Crippen LogP contribution in [0.1, 0.15) is 61.8 Å². The van der Waals surface area contributed by atoms with Gasteiger partial charge < -0.3 is 10.1 Å². The molecule has 0 saturated carbocycles. The molecule has 2 heterocycles. The van der Waals surface area contributed by atoms with Crippen molar-refractivity contribution < 1.29 is 4.74 Å². The standard InChI is InChI=1S/C30H37ClN2O/c1-29(2)14-17-33(29)16-6-18-34-26-8-4-7-23(20-26)27-9-5-10-28(30(27,3)31)24-11-12-25-21-32-15-13-22(25)19-24/h4-5,7-12,19-20,28,32H,6,13-18,21H2,1-3H3. The fourth-order valence-corrected chi connectivity index (χ4v) is 5.97. The molecule has 3 nitrogen and oxygen atoms in total. The third-order valence-corrected chi connectivity index (χ3v) is 8.43. The van der Waals surface area contributed by atoms with Crippen LogP contribution in [0, 0.1) is 0 Å². The molecule has 1 saturated heterocycles. The number of halogens is 1. The Hall–Kier alpha value is -2.07. The Bertz CT molecular complexity index is 1100. The summed E-state index contributed by atoms with van der Waals surface area (Å²) >= 11 is 7.34. The Kier molecular flexibility index (Phi) is 6.63. The van der Waals surface area contributed by atoms with Crippen LogP contribution in [0.2, 0.25) is 0 Å². The summed E-state index contributed by atoms with van der Waals surface area (Å²) < 4.78 is 6.15. The molecule has 2 aromatic carbocycles. The Labute approximate surface area is 209 Å². The molecule has 5 rings (SSSR count). The van der Waals surface area contributed by atoms with Crippen molar-refractivity contribution in [1.29, 1.82) is 0 Å². The first kappa shape index (κ1) is 23.7. The van der Waals surface area contributed by atoms with Crippen LogP contribution in [0.25, 0.3) is 5.57 Å². The highest BCUT2D eigenvalue weighted by Crippen LogP contribution is 2.48. The number of hydrogen-bond donors (Lipinski definition) is 1. The van der Waals surface area contributed by atoms with E-state index in [2.05, 4.69) is 91.7 Å². The van der Waals surface area contributed by atoms with Crippen molar-refractivity contribution in [1.82, 2.24) is 10.2 Å². The van der Waals surface area contributed by atoms with Gasteiger partial charge in [-0.1, -0.05) is 48.6 Å². The molecule has 180 valence electrons. The van der Waals surface area contributed by atoms with Gasteiger partial charge in [0.1, 0.15) is 5.75 Å². The van der Waals surface area contributed by atoms with Crippen molar-refractivity contribution in [2.45, 2.75) is 62.9 Å². The molecular weight excluding hydrogens is 440 g/mol. The molecule has 0 amide bonds. The Morgan fingerprint density at radius 1 is 1.12 bits per heavy atom. The quantitative estimate of drug-likeness (QED) is 0.373.